The third-order valence-electron chi connectivity index (χ3n) is 17.2. The monoisotopic (exact) mass is 1430 g/mol. The number of carbonyl (C=O) groups excluding carboxylic acids is 13. The Labute approximate surface area is 585 Å². The van der Waals surface area contributed by atoms with Crippen molar-refractivity contribution in [3.05, 3.63) is 60.3 Å². The Morgan fingerprint density at radius 2 is 1.20 bits per heavy atom. The summed E-state index contributed by atoms with van der Waals surface area (Å²) in [6.07, 6.45) is 1.77. The van der Waals surface area contributed by atoms with Crippen molar-refractivity contribution in [2.24, 2.45) is 23.3 Å². The maximum absolute atomic E-state index is 15.4. The number of piperidine rings is 1. The van der Waals surface area contributed by atoms with Crippen molar-refractivity contribution < 1.29 is 101 Å². The van der Waals surface area contributed by atoms with Crippen LogP contribution in [0.1, 0.15) is 123 Å². The zero-order valence-electron chi connectivity index (χ0n) is 57.2. The fourth-order valence-corrected chi connectivity index (χ4v) is 11.5. The number of carboxylic acid groups (broad SMARTS) is 3. The van der Waals surface area contributed by atoms with Gasteiger partial charge in [0.2, 0.25) is 76.8 Å². The van der Waals surface area contributed by atoms with Gasteiger partial charge in [-0.1, -0.05) is 33.6 Å². The molecule has 3 aromatic rings. The largest absolute Gasteiger partial charge is 0.494 e. The van der Waals surface area contributed by atoms with Gasteiger partial charge in [-0.25, -0.2) is 4.98 Å². The molecule has 554 valence electrons. The molecule has 3 aliphatic heterocycles. The quantitative estimate of drug-likeness (QED) is 0.0481. The zero-order chi connectivity index (χ0) is 75.2. The highest BCUT2D eigenvalue weighted by Crippen LogP contribution is 2.29. The summed E-state index contributed by atoms with van der Waals surface area (Å²) < 4.78 is 11.9. The van der Waals surface area contributed by atoms with Crippen molar-refractivity contribution in [1.29, 1.82) is 0 Å². The molecule has 3 aliphatic rings. The first kappa shape index (κ1) is 79.9. The van der Waals surface area contributed by atoms with E-state index in [0.717, 1.165) is 36.0 Å². The van der Waals surface area contributed by atoms with Crippen molar-refractivity contribution in [2.75, 3.05) is 32.8 Å². The highest BCUT2D eigenvalue weighted by Gasteiger charge is 2.45. The summed E-state index contributed by atoms with van der Waals surface area (Å²) in [5, 5.41) is 52.7. The number of benzene rings is 2. The normalized spacial score (nSPS) is 23.6. The lowest BCUT2D eigenvalue weighted by atomic mass is 9.96. The second-order valence-electron chi connectivity index (χ2n) is 25.5. The number of aromatic nitrogens is 1. The van der Waals surface area contributed by atoms with Gasteiger partial charge in [-0.05, 0) is 114 Å². The number of primary amides is 1. The van der Waals surface area contributed by atoms with Crippen molar-refractivity contribution in [2.45, 2.75) is 179 Å². The van der Waals surface area contributed by atoms with E-state index in [9.17, 15) is 87.2 Å². The molecule has 4 heterocycles. The number of oxazole rings is 1. The van der Waals surface area contributed by atoms with Crippen LogP contribution in [0.5, 0.6) is 5.75 Å². The number of unbranched alkanes of at least 4 members (excludes halogenated alkanes) is 2. The van der Waals surface area contributed by atoms with Gasteiger partial charge in [0.25, 0.3) is 5.91 Å². The number of nitrogens with one attached hydrogen (secondary N) is 10. The molecule has 0 saturated carbocycles. The predicted molar refractivity (Wildman–Crippen MR) is 357 cm³/mol. The van der Waals surface area contributed by atoms with Crippen LogP contribution in [0.2, 0.25) is 0 Å². The molecule has 12 atom stereocenters. The molecule has 0 bridgehead atoms. The summed E-state index contributed by atoms with van der Waals surface area (Å²) in [6, 6.07) is -5.74. The van der Waals surface area contributed by atoms with E-state index in [1.54, 1.807) is 13.8 Å². The Morgan fingerprint density at radius 3 is 1.77 bits per heavy atom. The number of carbonyl (C=O) groups is 16. The lowest BCUT2D eigenvalue weighted by molar-refractivity contribution is -0.149. The van der Waals surface area contributed by atoms with Crippen LogP contribution in [0.25, 0.3) is 22.8 Å². The van der Waals surface area contributed by atoms with Crippen molar-refractivity contribution >= 4 is 94.7 Å². The van der Waals surface area contributed by atoms with Gasteiger partial charge in [0, 0.05) is 35.8 Å². The fourth-order valence-electron chi connectivity index (χ4n) is 11.5. The molecule has 3 saturated heterocycles. The molecule has 0 unspecified atom stereocenters. The Morgan fingerprint density at radius 1 is 0.647 bits per heavy atom. The van der Waals surface area contributed by atoms with Crippen LogP contribution in [0.15, 0.2) is 59.1 Å². The number of ether oxygens (including phenoxy) is 1. The summed E-state index contributed by atoms with van der Waals surface area (Å²) >= 11 is 0. The van der Waals surface area contributed by atoms with E-state index in [4.69, 9.17) is 20.6 Å². The van der Waals surface area contributed by atoms with Gasteiger partial charge in [-0.3, -0.25) is 76.7 Å². The SMILES string of the molecule is CCCCCOc1ccc(-c2cnc(-c3ccc(C(=O)N[C@@H](CC(N)=O)C(=O)N[C@@H]4C(=O)N5CCCC[C@@H]5C(=O)N[C@@H]([C@H](C)C(=O)O)C(=O)N[C@@H](CC(=O)O)C(=O)NCC(=O)N[C@@H](CC(=O)O)C(=O)NCC(=O)N[C@H]([C@@H](C)N)C(=O)N[C@@H](C(C)C)C(=O)N5CCC[C@H]5C(=O)N[C@@H]4C)cc3)o2)cc1. The molecule has 0 aliphatic carbocycles. The summed E-state index contributed by atoms with van der Waals surface area (Å²) in [4.78, 5) is 226. The number of hydrogen-bond acceptors (Lipinski definition) is 20. The Bertz CT molecular complexity index is 3600. The first-order valence-electron chi connectivity index (χ1n) is 33.4. The Kier molecular flexibility index (Phi) is 29.3. The van der Waals surface area contributed by atoms with E-state index in [2.05, 4.69) is 54.4 Å². The molecule has 6 rings (SSSR count). The number of fused-ring (bicyclic) bond motifs is 2. The molecule has 36 heteroatoms. The van der Waals surface area contributed by atoms with E-state index < -0.39 is 205 Å². The molecule has 2 aromatic carbocycles. The highest BCUT2D eigenvalue weighted by atomic mass is 16.5. The van der Waals surface area contributed by atoms with Crippen LogP contribution in [0.3, 0.4) is 0 Å². The van der Waals surface area contributed by atoms with Gasteiger partial charge in [0.15, 0.2) is 5.76 Å². The molecule has 1 aromatic heterocycles. The molecule has 36 nitrogen and oxygen atoms in total. The van der Waals surface area contributed by atoms with Crippen LogP contribution in [0.4, 0.5) is 0 Å². The lowest BCUT2D eigenvalue weighted by Crippen LogP contribution is -2.66. The molecular formula is C66H89N15O21. The topological polar surface area (TPSA) is 548 Å². The van der Waals surface area contributed by atoms with Gasteiger partial charge in [0.1, 0.15) is 60.1 Å². The summed E-state index contributed by atoms with van der Waals surface area (Å²) in [7, 11) is 0. The summed E-state index contributed by atoms with van der Waals surface area (Å²) in [5.74, 6) is -21.0. The minimum Gasteiger partial charge on any atom is -0.494 e. The van der Waals surface area contributed by atoms with Gasteiger partial charge < -0.3 is 98.9 Å². The number of hydrogen-bond donors (Lipinski definition) is 15. The number of carboxylic acids is 3. The van der Waals surface area contributed by atoms with Crippen molar-refractivity contribution in [3.63, 3.8) is 0 Å². The van der Waals surface area contributed by atoms with E-state index >= 15 is 4.79 Å². The Hall–Kier alpha value is -11.1. The van der Waals surface area contributed by atoms with Gasteiger partial charge in [-0.15, -0.1) is 0 Å². The Balaban J connectivity index is 1.34. The average molecular weight is 1430 g/mol. The third-order valence-corrected chi connectivity index (χ3v) is 17.2. The number of rotatable bonds is 21. The van der Waals surface area contributed by atoms with Gasteiger partial charge in [0.05, 0.1) is 57.1 Å². The molecular weight excluding hydrogens is 1340 g/mol. The van der Waals surface area contributed by atoms with E-state index in [1.165, 1.54) is 44.3 Å². The molecule has 0 radical (unpaired) electrons. The molecule has 0 spiro atoms. The first-order valence-corrected chi connectivity index (χ1v) is 33.4. The van der Waals surface area contributed by atoms with Crippen molar-refractivity contribution in [1.82, 2.24) is 68.0 Å². The number of amides is 13. The van der Waals surface area contributed by atoms with Crippen LogP contribution in [0, 0.1) is 11.8 Å². The number of nitrogens with zero attached hydrogens (tertiary/aromatic N) is 3. The van der Waals surface area contributed by atoms with Crippen LogP contribution in [-0.4, -0.2) is 224 Å². The predicted octanol–water partition coefficient (Wildman–Crippen LogP) is -2.74. The van der Waals surface area contributed by atoms with Crippen LogP contribution in [-0.2, 0) is 71.9 Å². The number of aliphatic carboxylic acids is 3. The second-order valence-corrected chi connectivity index (χ2v) is 25.5. The van der Waals surface area contributed by atoms with Gasteiger partial charge in [-0.2, -0.15) is 0 Å². The fraction of sp³-hybridized carbons (Fsp3) is 0.530. The highest BCUT2D eigenvalue weighted by molar-refractivity contribution is 6.03. The molecule has 3 fully saturated rings. The lowest BCUT2D eigenvalue weighted by Gasteiger charge is -2.39. The van der Waals surface area contributed by atoms with Crippen LogP contribution < -0.4 is 69.4 Å². The zero-order valence-corrected chi connectivity index (χ0v) is 57.2. The second kappa shape index (κ2) is 37.4. The van der Waals surface area contributed by atoms with E-state index in [0.29, 0.717) is 29.2 Å². The van der Waals surface area contributed by atoms with E-state index in [1.807, 2.05) is 34.9 Å². The molecule has 13 amide bonds. The van der Waals surface area contributed by atoms with E-state index in [-0.39, 0.29) is 56.6 Å². The van der Waals surface area contributed by atoms with Crippen LogP contribution >= 0.6 is 0 Å². The average Bonchev–Trinajstić information content (AvgIpc) is 1.18. The first-order chi connectivity index (χ1) is 48.3. The van der Waals surface area contributed by atoms with Gasteiger partial charge >= 0.3 is 17.9 Å². The molecule has 17 N–H and O–H groups in total. The summed E-state index contributed by atoms with van der Waals surface area (Å²) in [5.41, 5.74) is 12.9. The van der Waals surface area contributed by atoms with Crippen molar-refractivity contribution in [3.8, 4) is 28.5 Å². The smallest absolute Gasteiger partial charge is 0.308 e. The minimum absolute atomic E-state index is 0.00552. The standard InChI is InChI=1S/C66H89N15O21/c1-7-8-11-25-101-39-21-19-36(20-22-39)45-29-71-63(102-45)38-17-15-37(16-18-38)55(89)74-40(26-46(68)82)58(92)79-54-35(6)72-59(93)44-14-12-24-81(44)64(97)51(32(2)3)77-62(96)53(34(5)67)76-48(84)31-70-56(90)41(27-49(85)86)73-47(83)30-69-57(91)42(28-50(87)88)75-61(95)52(33(4)66(99)100)78-60(94)43-13-9-10-23-80(43)65(54)98/h15-22,29,32-35,40-44,51-54H,7-14,23-28,30-31,67H2,1-6H3,(H2,68,82)(H,69,91)(H,70,90)(H,72,93)(H,73,83)(H,74,89)(H,75,95)(H,76,84)(H,77,96)(H,78,94)(H,79,92)(H,85,86)(H,87,88)(H,99,100)/t33-,34+,35+,40-,41-,42-,43+,44-,51-,52-,53+,54-/m0/s1. The number of nitrogens with two attached hydrogens (primary N) is 2. The maximum atomic E-state index is 15.4. The minimum atomic E-state index is -2.17. The summed E-state index contributed by atoms with van der Waals surface area (Å²) in [6.45, 7) is 6.97. The maximum Gasteiger partial charge on any atom is 0.308 e. The third kappa shape index (κ3) is 22.5. The molecule has 102 heavy (non-hydrogen) atoms.